The largest absolute Gasteiger partial charge is 0.336 e. The maximum Gasteiger partial charge on any atom is 0.254 e. The Hall–Kier alpha value is -3.76. The highest BCUT2D eigenvalue weighted by molar-refractivity contribution is 6.07. The lowest BCUT2D eigenvalue weighted by Gasteiger charge is -2.34. The van der Waals surface area contributed by atoms with Crippen LogP contribution < -0.4 is 0 Å². The van der Waals surface area contributed by atoms with E-state index in [0.717, 1.165) is 66.0 Å². The molecule has 0 spiro atoms. The molecule has 0 bridgehead atoms. The average Bonchev–Trinajstić information content (AvgIpc) is 2.89. The molecule has 1 saturated heterocycles. The smallest absolute Gasteiger partial charge is 0.254 e. The van der Waals surface area contributed by atoms with E-state index in [0.29, 0.717) is 0 Å². The Morgan fingerprint density at radius 3 is 2.32 bits per heavy atom. The van der Waals surface area contributed by atoms with E-state index < -0.39 is 0 Å². The van der Waals surface area contributed by atoms with Gasteiger partial charge < -0.3 is 4.90 Å². The molecule has 0 radical (unpaired) electrons. The normalized spacial score (nSPS) is 14.7. The summed E-state index contributed by atoms with van der Waals surface area (Å²) in [6.45, 7) is 6.16. The Morgan fingerprint density at radius 1 is 0.882 bits per heavy atom. The van der Waals surface area contributed by atoms with Crippen molar-refractivity contribution in [3.63, 3.8) is 0 Å². The van der Waals surface area contributed by atoms with Gasteiger partial charge in [0.2, 0.25) is 0 Å². The fraction of sp³-hybridized carbons (Fsp3) is 0.200. The SMILES string of the molecule is Cc1ccc2nc(-c3ccccc3)cc(C(=O)N3CCN(C/C=C/c4ccccc4)CC3)c2c1. The van der Waals surface area contributed by atoms with E-state index in [4.69, 9.17) is 4.98 Å². The van der Waals surface area contributed by atoms with Gasteiger partial charge in [-0.15, -0.1) is 0 Å². The van der Waals surface area contributed by atoms with E-state index in [1.807, 2.05) is 53.4 Å². The topological polar surface area (TPSA) is 36.4 Å². The third-order valence-corrected chi connectivity index (χ3v) is 6.40. The van der Waals surface area contributed by atoms with Crippen LogP contribution in [-0.2, 0) is 0 Å². The molecule has 1 aromatic heterocycles. The number of pyridine rings is 1. The average molecular weight is 448 g/mol. The summed E-state index contributed by atoms with van der Waals surface area (Å²) in [5, 5.41) is 0.929. The first-order valence-electron chi connectivity index (χ1n) is 11.9. The Kier molecular flexibility index (Phi) is 6.50. The second kappa shape index (κ2) is 10.0. The number of hydrogen-bond acceptors (Lipinski definition) is 3. The van der Waals surface area contributed by atoms with Crippen LogP contribution in [-0.4, -0.2) is 53.4 Å². The summed E-state index contributed by atoms with van der Waals surface area (Å²) in [6.07, 6.45) is 4.37. The highest BCUT2D eigenvalue weighted by Crippen LogP contribution is 2.27. The van der Waals surface area contributed by atoms with Crippen LogP contribution in [0.15, 0.2) is 91.0 Å². The number of aryl methyl sites for hydroxylation is 1. The van der Waals surface area contributed by atoms with Crippen molar-refractivity contribution in [3.05, 3.63) is 108 Å². The standard InChI is InChI=1S/C30H29N3O/c1-23-14-15-28-26(21-23)27(22-29(31-28)25-12-6-3-7-13-25)30(34)33-19-17-32(18-20-33)16-8-11-24-9-4-2-5-10-24/h2-15,21-22H,16-20H2,1H3/b11-8+. The van der Waals surface area contributed by atoms with Crippen LogP contribution in [0.4, 0.5) is 0 Å². The molecule has 170 valence electrons. The zero-order chi connectivity index (χ0) is 23.3. The van der Waals surface area contributed by atoms with Crippen LogP contribution in [0.5, 0.6) is 0 Å². The number of fused-ring (bicyclic) bond motifs is 1. The lowest BCUT2D eigenvalue weighted by Crippen LogP contribution is -2.48. The van der Waals surface area contributed by atoms with Crippen molar-refractivity contribution in [3.8, 4) is 11.3 Å². The molecule has 2 heterocycles. The van der Waals surface area contributed by atoms with Crippen LogP contribution in [0.25, 0.3) is 28.2 Å². The Morgan fingerprint density at radius 2 is 1.59 bits per heavy atom. The lowest BCUT2D eigenvalue weighted by molar-refractivity contribution is 0.0652. The molecule has 4 aromatic rings. The zero-order valence-electron chi connectivity index (χ0n) is 19.5. The Balaban J connectivity index is 1.33. The van der Waals surface area contributed by atoms with Gasteiger partial charge in [0.25, 0.3) is 5.91 Å². The van der Waals surface area contributed by atoms with Crippen molar-refractivity contribution in [2.24, 2.45) is 0 Å². The van der Waals surface area contributed by atoms with Crippen LogP contribution >= 0.6 is 0 Å². The maximum atomic E-state index is 13.7. The molecule has 1 aliphatic heterocycles. The van der Waals surface area contributed by atoms with Gasteiger partial charge in [-0.2, -0.15) is 0 Å². The highest BCUT2D eigenvalue weighted by atomic mass is 16.2. The van der Waals surface area contributed by atoms with Crippen molar-refractivity contribution in [2.75, 3.05) is 32.7 Å². The van der Waals surface area contributed by atoms with Crippen LogP contribution in [0, 0.1) is 6.92 Å². The summed E-state index contributed by atoms with van der Waals surface area (Å²) in [4.78, 5) is 22.9. The van der Waals surface area contributed by atoms with Crippen molar-refractivity contribution in [1.29, 1.82) is 0 Å². The van der Waals surface area contributed by atoms with E-state index in [1.54, 1.807) is 0 Å². The van der Waals surface area contributed by atoms with Gasteiger partial charge in [0.05, 0.1) is 16.8 Å². The van der Waals surface area contributed by atoms with Crippen molar-refractivity contribution < 1.29 is 4.79 Å². The molecule has 34 heavy (non-hydrogen) atoms. The van der Waals surface area contributed by atoms with Gasteiger partial charge in [0, 0.05) is 43.7 Å². The monoisotopic (exact) mass is 447 g/mol. The van der Waals surface area contributed by atoms with Gasteiger partial charge in [0.15, 0.2) is 0 Å². The lowest BCUT2D eigenvalue weighted by atomic mass is 10.0. The predicted octanol–water partition coefficient (Wildman–Crippen LogP) is 5.68. The molecular weight excluding hydrogens is 418 g/mol. The van der Waals surface area contributed by atoms with E-state index >= 15 is 0 Å². The molecule has 5 rings (SSSR count). The molecule has 0 atom stereocenters. The van der Waals surface area contributed by atoms with Gasteiger partial charge >= 0.3 is 0 Å². The van der Waals surface area contributed by atoms with Crippen molar-refractivity contribution in [1.82, 2.24) is 14.8 Å². The quantitative estimate of drug-likeness (QED) is 0.395. The number of amides is 1. The fourth-order valence-corrected chi connectivity index (χ4v) is 4.48. The highest BCUT2D eigenvalue weighted by Gasteiger charge is 2.24. The summed E-state index contributed by atoms with van der Waals surface area (Å²) >= 11 is 0. The van der Waals surface area contributed by atoms with Crippen LogP contribution in [0.3, 0.4) is 0 Å². The van der Waals surface area contributed by atoms with Gasteiger partial charge in [-0.05, 0) is 30.7 Å². The molecule has 1 aliphatic rings. The molecule has 0 aliphatic carbocycles. The van der Waals surface area contributed by atoms with Crippen molar-refractivity contribution >= 4 is 22.9 Å². The maximum absolute atomic E-state index is 13.7. The molecular formula is C30H29N3O. The number of aromatic nitrogens is 1. The number of carbonyl (C=O) groups is 1. The minimum atomic E-state index is 0.0923. The first-order chi connectivity index (χ1) is 16.7. The molecule has 3 aromatic carbocycles. The fourth-order valence-electron chi connectivity index (χ4n) is 4.48. The first-order valence-corrected chi connectivity index (χ1v) is 11.9. The van der Waals surface area contributed by atoms with Gasteiger partial charge in [-0.25, -0.2) is 4.98 Å². The molecule has 4 heteroatoms. The molecule has 4 nitrogen and oxygen atoms in total. The van der Waals surface area contributed by atoms with Crippen molar-refractivity contribution in [2.45, 2.75) is 6.92 Å². The first kappa shape index (κ1) is 22.1. The molecule has 0 N–H and O–H groups in total. The second-order valence-electron chi connectivity index (χ2n) is 8.85. The summed E-state index contributed by atoms with van der Waals surface area (Å²) in [6, 6.07) is 28.6. The Bertz CT molecular complexity index is 1310. The second-order valence-corrected chi connectivity index (χ2v) is 8.85. The van der Waals surface area contributed by atoms with E-state index in [-0.39, 0.29) is 5.91 Å². The number of benzene rings is 3. The van der Waals surface area contributed by atoms with E-state index in [2.05, 4.69) is 60.4 Å². The summed E-state index contributed by atoms with van der Waals surface area (Å²) in [5.41, 5.74) is 5.81. The number of nitrogens with zero attached hydrogens (tertiary/aromatic N) is 3. The minimum absolute atomic E-state index is 0.0923. The number of piperazine rings is 1. The summed E-state index contributed by atoms with van der Waals surface area (Å²) in [7, 11) is 0. The summed E-state index contributed by atoms with van der Waals surface area (Å²) in [5.74, 6) is 0.0923. The number of hydrogen-bond donors (Lipinski definition) is 0. The Labute approximate surface area is 201 Å². The van der Waals surface area contributed by atoms with Gasteiger partial charge in [0.1, 0.15) is 0 Å². The third-order valence-electron chi connectivity index (χ3n) is 6.40. The number of carbonyl (C=O) groups excluding carboxylic acids is 1. The molecule has 1 amide bonds. The van der Waals surface area contributed by atoms with E-state index in [1.165, 1.54) is 5.56 Å². The van der Waals surface area contributed by atoms with Gasteiger partial charge in [-0.1, -0.05) is 84.4 Å². The molecule has 0 unspecified atom stereocenters. The summed E-state index contributed by atoms with van der Waals surface area (Å²) < 4.78 is 0. The van der Waals surface area contributed by atoms with E-state index in [9.17, 15) is 4.79 Å². The number of rotatable bonds is 5. The van der Waals surface area contributed by atoms with Crippen LogP contribution in [0.1, 0.15) is 21.5 Å². The minimum Gasteiger partial charge on any atom is -0.336 e. The third kappa shape index (κ3) is 4.92. The van der Waals surface area contributed by atoms with Gasteiger partial charge in [-0.3, -0.25) is 9.69 Å². The predicted molar refractivity (Wildman–Crippen MR) is 140 cm³/mol. The molecule has 1 fully saturated rings. The van der Waals surface area contributed by atoms with Crippen LogP contribution in [0.2, 0.25) is 0 Å². The zero-order valence-corrected chi connectivity index (χ0v) is 19.5. The molecule has 0 saturated carbocycles.